The van der Waals surface area contributed by atoms with Gasteiger partial charge in [0.2, 0.25) is 0 Å². The van der Waals surface area contributed by atoms with E-state index in [2.05, 4.69) is 33.8 Å². The van der Waals surface area contributed by atoms with Crippen molar-refractivity contribution in [3.63, 3.8) is 0 Å². The summed E-state index contributed by atoms with van der Waals surface area (Å²) >= 11 is 0. The molecule has 1 aliphatic carbocycles. The molecule has 1 N–H and O–H groups in total. The van der Waals surface area contributed by atoms with Crippen LogP contribution in [0.4, 0.5) is 0 Å². The normalized spacial score (nSPS) is 44.4. The number of aliphatic hydroxyl groups is 1. The largest absolute Gasteiger partial charge is 0.395 e. The maximum atomic E-state index is 9.76. The summed E-state index contributed by atoms with van der Waals surface area (Å²) in [5.74, 6) is -0.532. The van der Waals surface area contributed by atoms with Gasteiger partial charge in [-0.1, -0.05) is 18.9 Å². The second kappa shape index (κ2) is 4.95. The van der Waals surface area contributed by atoms with E-state index in [9.17, 15) is 5.11 Å². The Kier molecular flexibility index (Phi) is 3.86. The van der Waals surface area contributed by atoms with Crippen molar-refractivity contribution in [2.45, 2.75) is 71.4 Å². The van der Waals surface area contributed by atoms with E-state index in [4.69, 9.17) is 9.47 Å². The number of aliphatic hydroxyl groups excluding tert-OH is 1. The Labute approximate surface area is 110 Å². The topological polar surface area (TPSA) is 38.7 Å². The zero-order valence-corrected chi connectivity index (χ0v) is 12.0. The SMILES string of the molecule is CCCC1(CO)CCC2(C=C1C)OC(C)C(C)O2. The van der Waals surface area contributed by atoms with Gasteiger partial charge in [-0.05, 0) is 39.7 Å². The van der Waals surface area contributed by atoms with Gasteiger partial charge >= 0.3 is 0 Å². The first-order valence-corrected chi connectivity index (χ1v) is 7.13. The van der Waals surface area contributed by atoms with E-state index in [0.717, 1.165) is 25.7 Å². The molecule has 2 rings (SSSR count). The third-order valence-electron chi connectivity index (χ3n) is 4.69. The summed E-state index contributed by atoms with van der Waals surface area (Å²) in [6.45, 7) is 8.62. The molecule has 1 aliphatic heterocycles. The van der Waals surface area contributed by atoms with Gasteiger partial charge in [-0.25, -0.2) is 0 Å². The predicted molar refractivity (Wildman–Crippen MR) is 71.2 cm³/mol. The Morgan fingerprint density at radius 3 is 2.33 bits per heavy atom. The summed E-state index contributed by atoms with van der Waals surface area (Å²) in [4.78, 5) is 0. The highest BCUT2D eigenvalue weighted by molar-refractivity contribution is 5.21. The number of hydrogen-bond donors (Lipinski definition) is 1. The van der Waals surface area contributed by atoms with Crippen LogP contribution >= 0.6 is 0 Å². The minimum atomic E-state index is -0.532. The lowest BCUT2D eigenvalue weighted by Gasteiger charge is -2.41. The third-order valence-corrected chi connectivity index (χ3v) is 4.69. The van der Waals surface area contributed by atoms with Crippen molar-refractivity contribution in [1.82, 2.24) is 0 Å². The van der Waals surface area contributed by atoms with Gasteiger partial charge in [0.05, 0.1) is 18.8 Å². The van der Waals surface area contributed by atoms with Crippen molar-refractivity contribution < 1.29 is 14.6 Å². The third kappa shape index (κ3) is 2.24. The lowest BCUT2D eigenvalue weighted by Crippen LogP contribution is -2.40. The van der Waals surface area contributed by atoms with Gasteiger partial charge in [0.15, 0.2) is 5.79 Å². The van der Waals surface area contributed by atoms with Gasteiger partial charge in [-0.15, -0.1) is 0 Å². The van der Waals surface area contributed by atoms with E-state index >= 15 is 0 Å². The number of rotatable bonds is 3. The number of ether oxygens (including phenoxy) is 2. The maximum absolute atomic E-state index is 9.76. The van der Waals surface area contributed by atoms with Crippen LogP contribution < -0.4 is 0 Å². The summed E-state index contributed by atoms with van der Waals surface area (Å²) in [6.07, 6.45) is 6.31. The summed E-state index contributed by atoms with van der Waals surface area (Å²) in [7, 11) is 0. The van der Waals surface area contributed by atoms with Crippen molar-refractivity contribution in [1.29, 1.82) is 0 Å². The van der Waals surface area contributed by atoms with Gasteiger partial charge in [-0.2, -0.15) is 0 Å². The quantitative estimate of drug-likeness (QED) is 0.787. The van der Waals surface area contributed by atoms with Crippen molar-refractivity contribution >= 4 is 0 Å². The Hall–Kier alpha value is -0.380. The summed E-state index contributed by atoms with van der Waals surface area (Å²) in [6, 6.07) is 0. The van der Waals surface area contributed by atoms with Crippen molar-refractivity contribution in [2.24, 2.45) is 5.41 Å². The standard InChI is InChI=1S/C15H26O3/c1-5-6-14(10-16)7-8-15(9-11(14)2)17-12(3)13(4)18-15/h9,12-13,16H,5-8,10H2,1-4H3. The smallest absolute Gasteiger partial charge is 0.188 e. The predicted octanol–water partition coefficient (Wildman–Crippen LogP) is 3.03. The van der Waals surface area contributed by atoms with E-state index < -0.39 is 5.79 Å². The lowest BCUT2D eigenvalue weighted by atomic mass is 9.69. The first kappa shape index (κ1) is 14.0. The second-order valence-corrected chi connectivity index (χ2v) is 5.97. The molecule has 1 saturated heterocycles. The van der Waals surface area contributed by atoms with Crippen molar-refractivity contribution in [3.05, 3.63) is 11.6 Å². The van der Waals surface area contributed by atoms with Crippen LogP contribution in [0.3, 0.4) is 0 Å². The summed E-state index contributed by atoms with van der Waals surface area (Å²) in [5, 5.41) is 9.76. The van der Waals surface area contributed by atoms with E-state index in [1.165, 1.54) is 5.57 Å². The molecule has 0 radical (unpaired) electrons. The molecule has 3 nitrogen and oxygen atoms in total. The minimum Gasteiger partial charge on any atom is -0.395 e. The molecule has 2 aliphatic rings. The van der Waals surface area contributed by atoms with E-state index in [0.29, 0.717) is 0 Å². The van der Waals surface area contributed by atoms with Crippen molar-refractivity contribution in [2.75, 3.05) is 6.61 Å². The summed E-state index contributed by atoms with van der Waals surface area (Å²) in [5.41, 5.74) is 1.17. The highest BCUT2D eigenvalue weighted by Gasteiger charge is 2.48. The van der Waals surface area contributed by atoms with Crippen LogP contribution in [0.15, 0.2) is 11.6 Å². The Morgan fingerprint density at radius 2 is 1.89 bits per heavy atom. The van der Waals surface area contributed by atoms with Gasteiger partial charge in [0, 0.05) is 11.8 Å². The van der Waals surface area contributed by atoms with Crippen LogP contribution in [0, 0.1) is 5.41 Å². The Balaban J connectivity index is 2.23. The highest BCUT2D eigenvalue weighted by atomic mass is 16.8. The average molecular weight is 254 g/mol. The zero-order chi connectivity index (χ0) is 13.4. The van der Waals surface area contributed by atoms with Gasteiger partial charge in [0.1, 0.15) is 0 Å². The maximum Gasteiger partial charge on any atom is 0.188 e. The van der Waals surface area contributed by atoms with Crippen LogP contribution in [-0.2, 0) is 9.47 Å². The fourth-order valence-corrected chi connectivity index (χ4v) is 3.28. The summed E-state index contributed by atoms with van der Waals surface area (Å²) < 4.78 is 12.0. The van der Waals surface area contributed by atoms with Crippen LogP contribution in [0.1, 0.15) is 53.4 Å². The van der Waals surface area contributed by atoms with Gasteiger partial charge in [0.25, 0.3) is 0 Å². The molecule has 104 valence electrons. The molecular weight excluding hydrogens is 228 g/mol. The molecule has 0 saturated carbocycles. The second-order valence-electron chi connectivity index (χ2n) is 5.97. The molecule has 3 heteroatoms. The molecule has 0 aromatic carbocycles. The minimum absolute atomic E-state index is 0.0538. The highest BCUT2D eigenvalue weighted by Crippen LogP contribution is 2.48. The lowest BCUT2D eigenvalue weighted by molar-refractivity contribution is -0.151. The van der Waals surface area contributed by atoms with Crippen molar-refractivity contribution in [3.8, 4) is 0 Å². The molecule has 1 spiro atoms. The molecule has 1 heterocycles. The Morgan fingerprint density at radius 1 is 1.28 bits per heavy atom. The first-order chi connectivity index (χ1) is 8.47. The molecule has 18 heavy (non-hydrogen) atoms. The zero-order valence-electron chi connectivity index (χ0n) is 12.0. The average Bonchev–Trinajstić information content (AvgIpc) is 2.59. The van der Waals surface area contributed by atoms with Crippen LogP contribution in [0.5, 0.6) is 0 Å². The monoisotopic (exact) mass is 254 g/mol. The van der Waals surface area contributed by atoms with E-state index in [1.807, 2.05) is 0 Å². The molecule has 3 unspecified atom stereocenters. The van der Waals surface area contributed by atoms with Gasteiger partial charge in [-0.3, -0.25) is 0 Å². The molecule has 3 atom stereocenters. The first-order valence-electron chi connectivity index (χ1n) is 7.13. The van der Waals surface area contributed by atoms with Crippen LogP contribution in [-0.4, -0.2) is 29.7 Å². The molecule has 0 aromatic heterocycles. The number of hydrogen-bond acceptors (Lipinski definition) is 3. The van der Waals surface area contributed by atoms with Gasteiger partial charge < -0.3 is 14.6 Å². The van der Waals surface area contributed by atoms with Crippen LogP contribution in [0.2, 0.25) is 0 Å². The molecular formula is C15H26O3. The van der Waals surface area contributed by atoms with Crippen LogP contribution in [0.25, 0.3) is 0 Å². The van der Waals surface area contributed by atoms with E-state index in [1.54, 1.807) is 0 Å². The Bertz CT molecular complexity index is 327. The molecule has 0 bridgehead atoms. The van der Waals surface area contributed by atoms with E-state index in [-0.39, 0.29) is 24.2 Å². The molecule has 0 aromatic rings. The fraction of sp³-hybridized carbons (Fsp3) is 0.867. The molecule has 0 amide bonds. The molecule has 1 fully saturated rings. The fourth-order valence-electron chi connectivity index (χ4n) is 3.28.